The zero-order chi connectivity index (χ0) is 13.9. The van der Waals surface area contributed by atoms with Gasteiger partial charge in [0.2, 0.25) is 0 Å². The predicted octanol–water partition coefficient (Wildman–Crippen LogP) is 3.98. The van der Waals surface area contributed by atoms with E-state index in [1.165, 1.54) is 25.7 Å². The van der Waals surface area contributed by atoms with Gasteiger partial charge in [-0.25, -0.2) is 4.98 Å². The molecule has 2 fully saturated rings. The zero-order valence-electron chi connectivity index (χ0n) is 12.0. The fourth-order valence-corrected chi connectivity index (χ4v) is 3.45. The molecule has 3 unspecified atom stereocenters. The highest BCUT2D eigenvalue weighted by Crippen LogP contribution is 2.29. The van der Waals surface area contributed by atoms with E-state index in [0.29, 0.717) is 16.6 Å². The van der Waals surface area contributed by atoms with Crippen LogP contribution in [0, 0.1) is 10.6 Å². The first-order valence-electron chi connectivity index (χ1n) is 7.72. The van der Waals surface area contributed by atoms with Crippen molar-refractivity contribution in [3.05, 3.63) is 16.5 Å². The first-order valence-corrected chi connectivity index (χ1v) is 8.12. The summed E-state index contributed by atoms with van der Waals surface area (Å²) in [7, 11) is 0. The molecule has 0 amide bonds. The van der Waals surface area contributed by atoms with Gasteiger partial charge in [0.15, 0.2) is 0 Å². The monoisotopic (exact) mass is 293 g/mol. The number of ether oxygens (including phenoxy) is 1. The van der Waals surface area contributed by atoms with Gasteiger partial charge in [-0.3, -0.25) is 0 Å². The van der Waals surface area contributed by atoms with E-state index in [4.69, 9.17) is 17.0 Å². The van der Waals surface area contributed by atoms with Gasteiger partial charge in [-0.05, 0) is 31.6 Å². The van der Waals surface area contributed by atoms with Crippen molar-refractivity contribution in [3.63, 3.8) is 0 Å². The van der Waals surface area contributed by atoms with Crippen LogP contribution in [0.3, 0.4) is 0 Å². The number of hydrogen-bond donors (Lipinski definition) is 2. The molecule has 110 valence electrons. The number of aromatic nitrogens is 2. The maximum atomic E-state index is 5.69. The van der Waals surface area contributed by atoms with Crippen LogP contribution in [0.2, 0.25) is 0 Å². The van der Waals surface area contributed by atoms with E-state index in [1.807, 2.05) is 6.07 Å². The molecule has 2 aliphatic rings. The minimum Gasteiger partial charge on any atom is -0.370 e. The molecule has 1 saturated heterocycles. The van der Waals surface area contributed by atoms with Gasteiger partial charge in [-0.1, -0.05) is 32.0 Å². The van der Waals surface area contributed by atoms with E-state index in [9.17, 15) is 0 Å². The summed E-state index contributed by atoms with van der Waals surface area (Å²) < 4.78 is 6.33. The lowest BCUT2D eigenvalue weighted by molar-refractivity contribution is 0.105. The summed E-state index contributed by atoms with van der Waals surface area (Å²) in [5, 5.41) is 3.62. The third-order valence-corrected chi connectivity index (χ3v) is 4.66. The van der Waals surface area contributed by atoms with Gasteiger partial charge in [0.1, 0.15) is 22.4 Å². The van der Waals surface area contributed by atoms with E-state index in [-0.39, 0.29) is 6.10 Å². The molecule has 1 saturated carbocycles. The number of nitrogens with one attached hydrogen (secondary N) is 2. The highest BCUT2D eigenvalue weighted by Gasteiger charge is 2.23. The minimum atomic E-state index is 0.0854. The van der Waals surface area contributed by atoms with Crippen molar-refractivity contribution < 1.29 is 4.74 Å². The Kier molecular flexibility index (Phi) is 4.36. The van der Waals surface area contributed by atoms with Crippen LogP contribution in [0.25, 0.3) is 0 Å². The molecule has 3 atom stereocenters. The van der Waals surface area contributed by atoms with Crippen LogP contribution in [0.1, 0.15) is 57.4 Å². The highest BCUT2D eigenvalue weighted by atomic mass is 32.1. The van der Waals surface area contributed by atoms with Crippen molar-refractivity contribution in [1.29, 1.82) is 0 Å². The molecule has 20 heavy (non-hydrogen) atoms. The molecule has 2 heterocycles. The van der Waals surface area contributed by atoms with Gasteiger partial charge in [0, 0.05) is 18.7 Å². The smallest absolute Gasteiger partial charge is 0.138 e. The van der Waals surface area contributed by atoms with Crippen molar-refractivity contribution in [2.24, 2.45) is 5.92 Å². The molecule has 5 heteroatoms. The van der Waals surface area contributed by atoms with Crippen molar-refractivity contribution in [2.45, 2.75) is 57.6 Å². The second kappa shape index (κ2) is 6.22. The molecular formula is C15H23N3OS. The Morgan fingerprint density at radius 2 is 2.15 bits per heavy atom. The fraction of sp³-hybridized carbons (Fsp3) is 0.733. The van der Waals surface area contributed by atoms with Crippen LogP contribution in [0.5, 0.6) is 0 Å². The summed E-state index contributed by atoms with van der Waals surface area (Å²) in [6, 6.07) is 2.46. The third kappa shape index (κ3) is 3.20. The Morgan fingerprint density at radius 3 is 2.90 bits per heavy atom. The molecule has 4 nitrogen and oxygen atoms in total. The Bertz CT molecular complexity index is 510. The van der Waals surface area contributed by atoms with E-state index >= 15 is 0 Å². The quantitative estimate of drug-likeness (QED) is 0.828. The molecule has 2 N–H and O–H groups in total. The Labute approximate surface area is 125 Å². The fourth-order valence-electron chi connectivity index (χ4n) is 3.23. The normalized spacial score (nSPS) is 30.4. The lowest BCUT2D eigenvalue weighted by Crippen LogP contribution is -2.30. The van der Waals surface area contributed by atoms with Gasteiger partial charge in [0.05, 0.1) is 0 Å². The average molecular weight is 293 g/mol. The molecular weight excluding hydrogens is 270 g/mol. The second-order valence-electron chi connectivity index (χ2n) is 6.03. The molecule has 3 rings (SSSR count). The highest BCUT2D eigenvalue weighted by molar-refractivity contribution is 7.71. The van der Waals surface area contributed by atoms with Crippen LogP contribution >= 0.6 is 12.2 Å². The molecule has 1 aliphatic carbocycles. The summed E-state index contributed by atoms with van der Waals surface area (Å²) in [5.41, 5.74) is 0. The van der Waals surface area contributed by atoms with E-state index in [2.05, 4.69) is 22.2 Å². The first kappa shape index (κ1) is 14.0. The lowest BCUT2D eigenvalue weighted by Gasteiger charge is -2.30. The summed E-state index contributed by atoms with van der Waals surface area (Å²) in [4.78, 5) is 7.80. The van der Waals surface area contributed by atoms with Crippen LogP contribution in [0.4, 0.5) is 5.82 Å². The van der Waals surface area contributed by atoms with Crippen molar-refractivity contribution in [3.8, 4) is 0 Å². The van der Waals surface area contributed by atoms with Crippen molar-refractivity contribution >= 4 is 18.0 Å². The van der Waals surface area contributed by atoms with Crippen molar-refractivity contribution in [2.75, 3.05) is 11.9 Å². The van der Waals surface area contributed by atoms with Gasteiger partial charge in [0.25, 0.3) is 0 Å². The minimum absolute atomic E-state index is 0.0854. The predicted molar refractivity (Wildman–Crippen MR) is 82.4 cm³/mol. The van der Waals surface area contributed by atoms with E-state index < -0.39 is 0 Å². The van der Waals surface area contributed by atoms with Gasteiger partial charge in [-0.2, -0.15) is 0 Å². The zero-order valence-corrected chi connectivity index (χ0v) is 12.8. The summed E-state index contributed by atoms with van der Waals surface area (Å²) in [6.45, 7) is 3.15. The summed E-state index contributed by atoms with van der Waals surface area (Å²) in [6.07, 6.45) is 7.43. The van der Waals surface area contributed by atoms with Crippen LogP contribution < -0.4 is 5.32 Å². The molecule has 0 aromatic carbocycles. The molecule has 0 spiro atoms. The van der Waals surface area contributed by atoms with E-state index in [0.717, 1.165) is 31.1 Å². The van der Waals surface area contributed by atoms with Crippen LogP contribution in [-0.2, 0) is 4.74 Å². The summed E-state index contributed by atoms with van der Waals surface area (Å²) in [5.74, 6) is 2.58. The Morgan fingerprint density at radius 1 is 1.30 bits per heavy atom. The largest absolute Gasteiger partial charge is 0.370 e. The second-order valence-corrected chi connectivity index (χ2v) is 6.45. The number of nitrogens with zero attached hydrogens (tertiary/aromatic N) is 1. The van der Waals surface area contributed by atoms with Gasteiger partial charge < -0.3 is 15.0 Å². The summed E-state index contributed by atoms with van der Waals surface area (Å²) >= 11 is 5.29. The standard InChI is InChI=1S/C15H23N3OS/c1-10-5-2-3-6-11(10)16-13-9-14(20)18-15(17-13)12-7-4-8-19-12/h9-12H,2-8H2,1H3,(H2,16,17,18,20). The maximum absolute atomic E-state index is 5.69. The van der Waals surface area contributed by atoms with Crippen molar-refractivity contribution in [1.82, 2.24) is 9.97 Å². The van der Waals surface area contributed by atoms with Crippen LogP contribution in [0.15, 0.2) is 6.07 Å². The number of H-pyrrole nitrogens is 1. The molecule has 1 aromatic rings. The number of aromatic amines is 1. The maximum Gasteiger partial charge on any atom is 0.138 e. The average Bonchev–Trinajstić information content (AvgIpc) is 2.95. The van der Waals surface area contributed by atoms with E-state index in [1.54, 1.807) is 0 Å². The Balaban J connectivity index is 1.76. The van der Waals surface area contributed by atoms with Gasteiger partial charge in [-0.15, -0.1) is 0 Å². The number of rotatable bonds is 3. The molecule has 0 radical (unpaired) electrons. The van der Waals surface area contributed by atoms with Gasteiger partial charge >= 0.3 is 0 Å². The number of hydrogen-bond acceptors (Lipinski definition) is 4. The third-order valence-electron chi connectivity index (χ3n) is 4.45. The molecule has 1 aliphatic heterocycles. The van der Waals surface area contributed by atoms with Crippen LogP contribution in [-0.4, -0.2) is 22.6 Å². The molecule has 0 bridgehead atoms. The first-order chi connectivity index (χ1) is 9.72. The topological polar surface area (TPSA) is 49.9 Å². The SMILES string of the molecule is CC1CCCCC1Nc1cc(=S)nc(C2CCCO2)[nH]1. The Hall–Kier alpha value is -0.940. The molecule has 1 aromatic heterocycles. The lowest BCUT2D eigenvalue weighted by atomic mass is 9.86. The number of anilines is 1.